The molecule has 0 radical (unpaired) electrons. The standard InChI is InChI=1S/C23H39N3O/c1-19-23-13-12-20(10-7-5-4-6-8-14-24-2)16-21(23)18-26(19)22(17-25-3)11-9-15-27/h12-13,15-16,19,22,24-25H,4-11,14,17-18H2,1-3H3. The van der Waals surface area contributed by atoms with Crippen LogP contribution in [0.5, 0.6) is 0 Å². The second-order valence-electron chi connectivity index (χ2n) is 7.96. The molecule has 0 amide bonds. The van der Waals surface area contributed by atoms with Gasteiger partial charge in [-0.05, 0) is 69.9 Å². The third kappa shape index (κ3) is 6.70. The largest absolute Gasteiger partial charge is 0.320 e. The Hall–Kier alpha value is -1.23. The highest BCUT2D eigenvalue weighted by Gasteiger charge is 2.31. The zero-order valence-corrected chi connectivity index (χ0v) is 17.6. The Balaban J connectivity index is 1.86. The van der Waals surface area contributed by atoms with Crippen LogP contribution in [0.4, 0.5) is 0 Å². The van der Waals surface area contributed by atoms with Crippen molar-refractivity contribution in [1.82, 2.24) is 15.5 Å². The van der Waals surface area contributed by atoms with Gasteiger partial charge in [0, 0.05) is 31.6 Å². The fourth-order valence-electron chi connectivity index (χ4n) is 4.36. The van der Waals surface area contributed by atoms with E-state index in [1.165, 1.54) is 55.2 Å². The predicted octanol–water partition coefficient (Wildman–Crippen LogP) is 3.84. The van der Waals surface area contributed by atoms with E-state index in [1.54, 1.807) is 0 Å². The lowest BCUT2D eigenvalue weighted by Crippen LogP contribution is -2.39. The molecule has 0 aromatic heterocycles. The van der Waals surface area contributed by atoms with Gasteiger partial charge in [-0.15, -0.1) is 0 Å². The Bertz CT molecular complexity index is 561. The van der Waals surface area contributed by atoms with E-state index in [4.69, 9.17) is 0 Å². The van der Waals surface area contributed by atoms with E-state index in [2.05, 4.69) is 40.7 Å². The van der Waals surface area contributed by atoms with E-state index in [0.29, 0.717) is 18.5 Å². The average Bonchev–Trinajstić information content (AvgIpc) is 3.00. The molecule has 0 aliphatic carbocycles. The van der Waals surface area contributed by atoms with E-state index in [9.17, 15) is 4.79 Å². The summed E-state index contributed by atoms with van der Waals surface area (Å²) in [6, 6.07) is 7.97. The molecule has 2 unspecified atom stereocenters. The molecule has 0 spiro atoms. The highest BCUT2D eigenvalue weighted by atomic mass is 16.1. The predicted molar refractivity (Wildman–Crippen MR) is 114 cm³/mol. The van der Waals surface area contributed by atoms with Crippen LogP contribution in [0.25, 0.3) is 0 Å². The Morgan fingerprint density at radius 2 is 1.93 bits per heavy atom. The Kier molecular flexibility index (Phi) is 10.0. The highest BCUT2D eigenvalue weighted by molar-refractivity contribution is 5.49. The molecular formula is C23H39N3O. The van der Waals surface area contributed by atoms with Crippen molar-refractivity contribution in [3.05, 3.63) is 34.9 Å². The SMILES string of the molecule is CNCCCCCCCc1ccc2c(c1)CN(C(CCC=O)CNC)C2C. The monoisotopic (exact) mass is 373 g/mol. The first kappa shape index (κ1) is 22.1. The zero-order valence-electron chi connectivity index (χ0n) is 17.6. The van der Waals surface area contributed by atoms with Gasteiger partial charge < -0.3 is 15.4 Å². The molecule has 27 heavy (non-hydrogen) atoms. The van der Waals surface area contributed by atoms with E-state index in [0.717, 1.165) is 32.3 Å². The molecule has 2 atom stereocenters. The molecule has 4 nitrogen and oxygen atoms in total. The van der Waals surface area contributed by atoms with Crippen molar-refractivity contribution in [2.75, 3.05) is 27.2 Å². The Labute approximate surface area is 166 Å². The van der Waals surface area contributed by atoms with Crippen LogP contribution < -0.4 is 10.6 Å². The summed E-state index contributed by atoms with van der Waals surface area (Å²) in [5.74, 6) is 0. The van der Waals surface area contributed by atoms with Crippen molar-refractivity contribution in [2.45, 2.75) is 76.9 Å². The van der Waals surface area contributed by atoms with Crippen LogP contribution in [0.3, 0.4) is 0 Å². The van der Waals surface area contributed by atoms with Crippen molar-refractivity contribution in [2.24, 2.45) is 0 Å². The zero-order chi connectivity index (χ0) is 19.5. The van der Waals surface area contributed by atoms with Gasteiger partial charge >= 0.3 is 0 Å². The fourth-order valence-corrected chi connectivity index (χ4v) is 4.36. The summed E-state index contributed by atoms with van der Waals surface area (Å²) in [4.78, 5) is 13.4. The average molecular weight is 374 g/mol. The number of unbranched alkanes of at least 4 members (excludes halogenated alkanes) is 4. The first-order valence-electron chi connectivity index (χ1n) is 10.8. The number of rotatable bonds is 14. The first-order chi connectivity index (χ1) is 13.2. The third-order valence-corrected chi connectivity index (χ3v) is 5.93. The molecule has 0 fully saturated rings. The van der Waals surface area contributed by atoms with Crippen molar-refractivity contribution in [3.8, 4) is 0 Å². The molecule has 0 saturated heterocycles. The number of aldehydes is 1. The smallest absolute Gasteiger partial charge is 0.120 e. The van der Waals surface area contributed by atoms with Crippen molar-refractivity contribution >= 4 is 6.29 Å². The van der Waals surface area contributed by atoms with Gasteiger partial charge in [0.15, 0.2) is 0 Å². The quantitative estimate of drug-likeness (QED) is 0.384. The van der Waals surface area contributed by atoms with E-state index < -0.39 is 0 Å². The summed E-state index contributed by atoms with van der Waals surface area (Å²) in [6.45, 7) is 5.40. The van der Waals surface area contributed by atoms with E-state index >= 15 is 0 Å². The minimum absolute atomic E-state index is 0.420. The number of benzene rings is 1. The molecule has 1 aromatic rings. The molecule has 1 aliphatic rings. The maximum atomic E-state index is 10.8. The molecule has 2 N–H and O–H groups in total. The van der Waals surface area contributed by atoms with Crippen molar-refractivity contribution < 1.29 is 4.79 Å². The number of nitrogens with zero attached hydrogens (tertiary/aromatic N) is 1. The first-order valence-corrected chi connectivity index (χ1v) is 10.8. The molecule has 4 heteroatoms. The number of aryl methyl sites for hydroxylation is 1. The Morgan fingerprint density at radius 3 is 2.67 bits per heavy atom. The normalized spacial score (nSPS) is 17.8. The second-order valence-corrected chi connectivity index (χ2v) is 7.96. The van der Waals surface area contributed by atoms with Crippen LogP contribution in [0.2, 0.25) is 0 Å². The van der Waals surface area contributed by atoms with Crippen LogP contribution in [0, 0.1) is 0 Å². The number of nitrogens with one attached hydrogen (secondary N) is 2. The summed E-state index contributed by atoms with van der Waals surface area (Å²) < 4.78 is 0. The number of likely N-dealkylation sites (N-methyl/N-ethyl adjacent to an activating group) is 1. The molecule has 1 aromatic carbocycles. The lowest BCUT2D eigenvalue weighted by Gasteiger charge is -2.31. The molecular weight excluding hydrogens is 334 g/mol. The minimum atomic E-state index is 0.420. The van der Waals surface area contributed by atoms with E-state index in [1.807, 2.05) is 14.1 Å². The summed E-state index contributed by atoms with van der Waals surface area (Å²) in [6.07, 6.45) is 10.4. The summed E-state index contributed by atoms with van der Waals surface area (Å²) in [5.41, 5.74) is 4.44. The van der Waals surface area contributed by atoms with Gasteiger partial charge in [-0.1, -0.05) is 37.5 Å². The van der Waals surface area contributed by atoms with Crippen LogP contribution in [0.1, 0.15) is 74.6 Å². The number of fused-ring (bicyclic) bond motifs is 1. The maximum absolute atomic E-state index is 10.8. The molecule has 2 rings (SSSR count). The second kappa shape index (κ2) is 12.3. The molecule has 1 heterocycles. The van der Waals surface area contributed by atoms with Crippen LogP contribution in [-0.2, 0) is 17.8 Å². The summed E-state index contributed by atoms with van der Waals surface area (Å²) in [7, 11) is 4.03. The van der Waals surface area contributed by atoms with Gasteiger partial charge in [0.05, 0.1) is 0 Å². The van der Waals surface area contributed by atoms with Crippen LogP contribution in [-0.4, -0.2) is 44.4 Å². The lowest BCUT2D eigenvalue weighted by atomic mass is 9.99. The molecule has 0 bridgehead atoms. The molecule has 152 valence electrons. The fraction of sp³-hybridized carbons (Fsp3) is 0.696. The topological polar surface area (TPSA) is 44.4 Å². The van der Waals surface area contributed by atoms with Crippen LogP contribution in [0.15, 0.2) is 18.2 Å². The maximum Gasteiger partial charge on any atom is 0.120 e. The number of hydrogen-bond donors (Lipinski definition) is 2. The third-order valence-electron chi connectivity index (χ3n) is 5.93. The Morgan fingerprint density at radius 1 is 1.15 bits per heavy atom. The van der Waals surface area contributed by atoms with Crippen molar-refractivity contribution in [3.63, 3.8) is 0 Å². The van der Waals surface area contributed by atoms with Gasteiger partial charge in [-0.25, -0.2) is 0 Å². The number of hydrogen-bond acceptors (Lipinski definition) is 4. The van der Waals surface area contributed by atoms with Crippen molar-refractivity contribution in [1.29, 1.82) is 0 Å². The van der Waals surface area contributed by atoms with E-state index in [-0.39, 0.29) is 0 Å². The highest BCUT2D eigenvalue weighted by Crippen LogP contribution is 2.36. The number of carbonyl (C=O) groups is 1. The minimum Gasteiger partial charge on any atom is -0.320 e. The van der Waals surface area contributed by atoms with Crippen LogP contribution >= 0.6 is 0 Å². The molecule has 1 aliphatic heterocycles. The summed E-state index contributed by atoms with van der Waals surface area (Å²) in [5, 5.41) is 6.52. The van der Waals surface area contributed by atoms with Gasteiger partial charge in [-0.2, -0.15) is 0 Å². The van der Waals surface area contributed by atoms with Gasteiger partial charge in [0.25, 0.3) is 0 Å². The van der Waals surface area contributed by atoms with Gasteiger partial charge in [0.1, 0.15) is 6.29 Å². The lowest BCUT2D eigenvalue weighted by molar-refractivity contribution is -0.108. The number of carbonyl (C=O) groups excluding carboxylic acids is 1. The summed E-state index contributed by atoms with van der Waals surface area (Å²) >= 11 is 0. The van der Waals surface area contributed by atoms with Gasteiger partial charge in [-0.3, -0.25) is 4.90 Å². The van der Waals surface area contributed by atoms with Gasteiger partial charge in [0.2, 0.25) is 0 Å². The molecule has 0 saturated carbocycles.